The molecule has 2 N–H and O–H groups in total. The molecular formula is C13H14FN3O2S. The normalized spacial score (nSPS) is 10.3. The van der Waals surface area contributed by atoms with E-state index < -0.39 is 5.82 Å². The van der Waals surface area contributed by atoms with E-state index in [1.165, 1.54) is 24.5 Å². The summed E-state index contributed by atoms with van der Waals surface area (Å²) >= 11 is 1.25. The van der Waals surface area contributed by atoms with Gasteiger partial charge in [0.2, 0.25) is 5.91 Å². The lowest BCUT2D eigenvalue weighted by Crippen LogP contribution is -2.24. The first-order chi connectivity index (χ1) is 9.63. The van der Waals surface area contributed by atoms with Crippen LogP contribution in [0.15, 0.2) is 23.6 Å². The molecule has 0 spiro atoms. The van der Waals surface area contributed by atoms with Gasteiger partial charge in [0, 0.05) is 17.0 Å². The molecule has 1 heterocycles. The summed E-state index contributed by atoms with van der Waals surface area (Å²) in [6, 6.07) is 4.56. The molecule has 0 unspecified atom stereocenters. The maximum atomic E-state index is 13.9. The molecule has 1 aromatic heterocycles. The lowest BCUT2D eigenvalue weighted by molar-refractivity contribution is -0.115. The average Bonchev–Trinajstić information content (AvgIpc) is 2.86. The molecule has 0 bridgehead atoms. The first kappa shape index (κ1) is 14.4. The second-order valence-corrected chi connectivity index (χ2v) is 4.82. The van der Waals surface area contributed by atoms with Crippen LogP contribution in [0.5, 0.6) is 5.75 Å². The molecule has 0 aliphatic rings. The second kappa shape index (κ2) is 6.44. The van der Waals surface area contributed by atoms with E-state index in [1.807, 2.05) is 0 Å². The highest BCUT2D eigenvalue weighted by Gasteiger charge is 2.11. The van der Waals surface area contributed by atoms with Crippen molar-refractivity contribution in [3.63, 3.8) is 0 Å². The fraction of sp³-hybridized carbons (Fsp3) is 0.231. The number of thiazole rings is 1. The third kappa shape index (κ3) is 3.31. The zero-order valence-corrected chi connectivity index (χ0v) is 11.9. The molecule has 0 aliphatic carbocycles. The summed E-state index contributed by atoms with van der Waals surface area (Å²) in [5, 5.41) is 7.51. The van der Waals surface area contributed by atoms with E-state index in [4.69, 9.17) is 4.74 Å². The Morgan fingerprint density at radius 1 is 1.50 bits per heavy atom. The quantitative estimate of drug-likeness (QED) is 0.887. The van der Waals surface area contributed by atoms with Gasteiger partial charge >= 0.3 is 0 Å². The molecule has 0 saturated heterocycles. The Morgan fingerprint density at radius 3 is 2.95 bits per heavy atom. The summed E-state index contributed by atoms with van der Waals surface area (Å²) < 4.78 is 18.9. The number of carbonyl (C=O) groups excluding carboxylic acids is 1. The summed E-state index contributed by atoms with van der Waals surface area (Å²) in [6.07, 6.45) is 0. The van der Waals surface area contributed by atoms with Gasteiger partial charge in [0.25, 0.3) is 0 Å². The Bertz CT molecular complexity index is 615. The fourth-order valence-corrected chi connectivity index (χ4v) is 2.34. The average molecular weight is 295 g/mol. The molecular weight excluding hydrogens is 281 g/mol. The zero-order chi connectivity index (χ0) is 14.5. The van der Waals surface area contributed by atoms with Crippen molar-refractivity contribution in [3.8, 4) is 17.0 Å². The van der Waals surface area contributed by atoms with Crippen LogP contribution in [0, 0.1) is 5.82 Å². The first-order valence-corrected chi connectivity index (χ1v) is 6.76. The van der Waals surface area contributed by atoms with Crippen molar-refractivity contribution in [2.24, 2.45) is 0 Å². The maximum absolute atomic E-state index is 13.9. The molecule has 2 aromatic rings. The van der Waals surface area contributed by atoms with E-state index >= 15 is 0 Å². The van der Waals surface area contributed by atoms with E-state index in [2.05, 4.69) is 15.6 Å². The molecule has 0 radical (unpaired) electrons. The number of hydrogen-bond donors (Lipinski definition) is 2. The largest absolute Gasteiger partial charge is 0.497 e. The van der Waals surface area contributed by atoms with Gasteiger partial charge in [-0.3, -0.25) is 4.79 Å². The molecule has 0 fully saturated rings. The molecule has 0 atom stereocenters. The molecule has 1 amide bonds. The number of nitrogens with one attached hydrogen (secondary N) is 2. The number of benzene rings is 1. The van der Waals surface area contributed by atoms with Crippen LogP contribution in [0.3, 0.4) is 0 Å². The lowest BCUT2D eigenvalue weighted by Gasteiger charge is -2.03. The van der Waals surface area contributed by atoms with E-state index in [-0.39, 0.29) is 12.5 Å². The van der Waals surface area contributed by atoms with Gasteiger partial charge in [-0.1, -0.05) is 0 Å². The third-order valence-electron chi connectivity index (χ3n) is 2.54. The lowest BCUT2D eigenvalue weighted by atomic mass is 10.1. The molecule has 2 rings (SSSR count). The van der Waals surface area contributed by atoms with Crippen LogP contribution in [0.2, 0.25) is 0 Å². The second-order valence-electron chi connectivity index (χ2n) is 3.96. The van der Waals surface area contributed by atoms with Crippen molar-refractivity contribution in [2.75, 3.05) is 26.0 Å². The monoisotopic (exact) mass is 295 g/mol. The van der Waals surface area contributed by atoms with Crippen molar-refractivity contribution in [2.45, 2.75) is 0 Å². The van der Waals surface area contributed by atoms with Crippen molar-refractivity contribution in [1.82, 2.24) is 10.3 Å². The molecule has 106 valence electrons. The number of nitrogens with zero attached hydrogens (tertiary/aromatic N) is 1. The number of hydrogen-bond acceptors (Lipinski definition) is 5. The van der Waals surface area contributed by atoms with Gasteiger partial charge in [0.15, 0.2) is 5.13 Å². The number of likely N-dealkylation sites (N-methyl/N-ethyl adjacent to an activating group) is 1. The zero-order valence-electron chi connectivity index (χ0n) is 11.1. The summed E-state index contributed by atoms with van der Waals surface area (Å²) in [5.41, 5.74) is 0.853. The summed E-state index contributed by atoms with van der Waals surface area (Å²) in [4.78, 5) is 15.6. The van der Waals surface area contributed by atoms with Gasteiger partial charge in [-0.25, -0.2) is 9.37 Å². The predicted octanol–water partition coefficient (Wildman–Crippen LogP) is 2.12. The highest BCUT2D eigenvalue weighted by atomic mass is 32.1. The number of methoxy groups -OCH3 is 1. The van der Waals surface area contributed by atoms with Gasteiger partial charge in [0.05, 0.1) is 19.3 Å². The summed E-state index contributed by atoms with van der Waals surface area (Å²) in [6.45, 7) is 0.200. The van der Waals surface area contributed by atoms with Crippen LogP contribution < -0.4 is 15.4 Å². The first-order valence-electron chi connectivity index (χ1n) is 5.88. The molecule has 7 heteroatoms. The molecule has 0 aliphatic heterocycles. The van der Waals surface area contributed by atoms with Crippen molar-refractivity contribution in [3.05, 3.63) is 29.4 Å². The minimum atomic E-state index is -0.414. The number of aromatic nitrogens is 1. The van der Waals surface area contributed by atoms with Gasteiger partial charge in [0.1, 0.15) is 11.6 Å². The predicted molar refractivity (Wildman–Crippen MR) is 76.6 cm³/mol. The van der Waals surface area contributed by atoms with Crippen LogP contribution in [0.4, 0.5) is 9.52 Å². The topological polar surface area (TPSA) is 63.2 Å². The molecule has 5 nitrogen and oxygen atoms in total. The summed E-state index contributed by atoms with van der Waals surface area (Å²) in [5.74, 6) is -0.157. The van der Waals surface area contributed by atoms with Crippen LogP contribution in [-0.4, -0.2) is 31.6 Å². The smallest absolute Gasteiger partial charge is 0.240 e. The molecule has 0 saturated carbocycles. The van der Waals surface area contributed by atoms with Crippen molar-refractivity contribution < 1.29 is 13.9 Å². The minimum Gasteiger partial charge on any atom is -0.497 e. The Balaban J connectivity index is 2.18. The van der Waals surface area contributed by atoms with E-state index in [0.717, 1.165) is 0 Å². The Labute approximate surface area is 119 Å². The number of halogens is 1. The number of amides is 1. The van der Waals surface area contributed by atoms with Crippen LogP contribution in [0.25, 0.3) is 11.3 Å². The third-order valence-corrected chi connectivity index (χ3v) is 3.30. The number of rotatable bonds is 5. The maximum Gasteiger partial charge on any atom is 0.240 e. The van der Waals surface area contributed by atoms with Crippen LogP contribution in [0.1, 0.15) is 0 Å². The number of ether oxygens (including phenoxy) is 1. The Hall–Kier alpha value is -1.99. The number of anilines is 1. The Morgan fingerprint density at radius 2 is 2.30 bits per heavy atom. The molecule has 20 heavy (non-hydrogen) atoms. The minimum absolute atomic E-state index is 0.191. The van der Waals surface area contributed by atoms with Gasteiger partial charge in [-0.15, -0.1) is 11.3 Å². The fourth-order valence-electron chi connectivity index (χ4n) is 1.61. The van der Waals surface area contributed by atoms with Gasteiger partial charge in [-0.05, 0) is 19.2 Å². The van der Waals surface area contributed by atoms with Crippen molar-refractivity contribution >= 4 is 22.4 Å². The number of carbonyl (C=O) groups is 1. The highest BCUT2D eigenvalue weighted by Crippen LogP contribution is 2.29. The molecule has 1 aromatic carbocycles. The van der Waals surface area contributed by atoms with E-state index in [1.54, 1.807) is 24.6 Å². The van der Waals surface area contributed by atoms with Crippen LogP contribution in [-0.2, 0) is 4.79 Å². The van der Waals surface area contributed by atoms with E-state index in [9.17, 15) is 9.18 Å². The van der Waals surface area contributed by atoms with Crippen LogP contribution >= 0.6 is 11.3 Å². The van der Waals surface area contributed by atoms with Gasteiger partial charge < -0.3 is 15.4 Å². The Kier molecular flexibility index (Phi) is 4.65. The van der Waals surface area contributed by atoms with E-state index in [0.29, 0.717) is 22.1 Å². The van der Waals surface area contributed by atoms with Gasteiger partial charge in [-0.2, -0.15) is 0 Å². The van der Waals surface area contributed by atoms with Crippen molar-refractivity contribution in [1.29, 1.82) is 0 Å². The summed E-state index contributed by atoms with van der Waals surface area (Å²) in [7, 11) is 3.16. The standard InChI is InChI=1S/C13H14FN3O2S/c1-15-6-12(18)17-13-16-11(7-20-13)9-4-3-8(19-2)5-10(9)14/h3-5,7,15H,6H2,1-2H3,(H,16,17,18). The highest BCUT2D eigenvalue weighted by molar-refractivity contribution is 7.14. The SMILES string of the molecule is CNCC(=O)Nc1nc(-c2ccc(OC)cc2F)cs1.